The van der Waals surface area contributed by atoms with E-state index in [-0.39, 0.29) is 0 Å². The van der Waals surface area contributed by atoms with Gasteiger partial charge >= 0.3 is 0 Å². The van der Waals surface area contributed by atoms with E-state index < -0.39 is 8.07 Å². The van der Waals surface area contributed by atoms with Crippen molar-refractivity contribution in [1.29, 1.82) is 0 Å². The number of para-hydroxylation sites is 1. The smallest absolute Gasteiger partial charge is 0.0996 e. The molecule has 2 rings (SSSR count). The number of hydrogen-bond acceptors (Lipinski definition) is 0. The number of aromatic amines is 1. The summed E-state index contributed by atoms with van der Waals surface area (Å²) in [6, 6.07) is 8.54. The minimum absolute atomic E-state index is 1.22. The quantitative estimate of drug-likeness (QED) is 0.614. The van der Waals surface area contributed by atoms with Gasteiger partial charge in [-0.2, -0.15) is 0 Å². The summed E-state index contributed by atoms with van der Waals surface area (Å²) in [6.07, 6.45) is 0. The van der Waals surface area contributed by atoms with Crippen molar-refractivity contribution in [2.45, 2.75) is 19.6 Å². The van der Waals surface area contributed by atoms with Crippen LogP contribution in [0.15, 0.2) is 24.3 Å². The van der Waals surface area contributed by atoms with Crippen molar-refractivity contribution in [3.8, 4) is 0 Å². The van der Waals surface area contributed by atoms with E-state index in [1.165, 1.54) is 19.8 Å². The van der Waals surface area contributed by atoms with Gasteiger partial charge in [-0.05, 0) is 28.7 Å². The number of hydrogen-bond donors (Lipinski definition) is 1. The zero-order valence-corrected chi connectivity index (χ0v) is 11.8. The molecule has 0 atom stereocenters. The molecule has 0 amide bonds. The van der Waals surface area contributed by atoms with Crippen LogP contribution in [0, 0.1) is 3.57 Å². The van der Waals surface area contributed by atoms with Crippen molar-refractivity contribution in [2.75, 3.05) is 0 Å². The summed E-state index contributed by atoms with van der Waals surface area (Å²) in [5.74, 6) is 0. The minimum Gasteiger partial charge on any atom is -0.361 e. The SMILES string of the molecule is C[Si](C)(C)c1[nH]c2ccccc2c1I. The lowest BCUT2D eigenvalue weighted by Gasteiger charge is -2.14. The highest BCUT2D eigenvalue weighted by Gasteiger charge is 2.22. The molecule has 0 fully saturated rings. The monoisotopic (exact) mass is 315 g/mol. The molecular formula is C11H14INSi. The van der Waals surface area contributed by atoms with Crippen molar-refractivity contribution < 1.29 is 0 Å². The first-order chi connectivity index (χ1) is 6.50. The van der Waals surface area contributed by atoms with Crippen molar-refractivity contribution in [1.82, 2.24) is 4.98 Å². The Hall–Kier alpha value is -0.293. The highest BCUT2D eigenvalue weighted by molar-refractivity contribution is 14.1. The molecule has 1 heterocycles. The number of fused-ring (bicyclic) bond motifs is 1. The van der Waals surface area contributed by atoms with E-state index in [0.717, 1.165) is 0 Å². The zero-order chi connectivity index (χ0) is 10.3. The molecule has 0 spiro atoms. The van der Waals surface area contributed by atoms with Gasteiger partial charge in [0.15, 0.2) is 0 Å². The summed E-state index contributed by atoms with van der Waals surface area (Å²) >= 11 is 2.46. The molecule has 2 aromatic rings. The fraction of sp³-hybridized carbons (Fsp3) is 0.273. The molecule has 0 saturated carbocycles. The molecule has 1 aromatic carbocycles. The average Bonchev–Trinajstić information content (AvgIpc) is 2.44. The molecule has 0 unspecified atom stereocenters. The van der Waals surface area contributed by atoms with Crippen LogP contribution in [0.25, 0.3) is 10.9 Å². The Morgan fingerprint density at radius 1 is 1.14 bits per heavy atom. The van der Waals surface area contributed by atoms with Crippen LogP contribution in [0.5, 0.6) is 0 Å². The molecule has 0 radical (unpaired) electrons. The van der Waals surface area contributed by atoms with E-state index in [4.69, 9.17) is 0 Å². The highest BCUT2D eigenvalue weighted by Crippen LogP contribution is 2.20. The number of halogens is 1. The second-order valence-electron chi connectivity index (χ2n) is 4.61. The van der Waals surface area contributed by atoms with Crippen molar-refractivity contribution >= 4 is 46.9 Å². The van der Waals surface area contributed by atoms with E-state index in [0.29, 0.717) is 0 Å². The molecule has 3 heteroatoms. The van der Waals surface area contributed by atoms with Gasteiger partial charge in [0.1, 0.15) is 0 Å². The van der Waals surface area contributed by atoms with Crippen LogP contribution in [0.3, 0.4) is 0 Å². The Morgan fingerprint density at radius 3 is 2.36 bits per heavy atom. The number of rotatable bonds is 1. The molecular weight excluding hydrogens is 301 g/mol. The molecule has 1 N–H and O–H groups in total. The molecule has 74 valence electrons. The first-order valence-corrected chi connectivity index (χ1v) is 9.35. The molecule has 0 aliphatic heterocycles. The molecule has 0 saturated heterocycles. The standard InChI is InChI=1S/C11H14INSi/c1-14(2,3)11-10(12)8-6-4-5-7-9(8)13-11/h4-7,13H,1-3H3. The first kappa shape index (κ1) is 10.2. The van der Waals surface area contributed by atoms with E-state index >= 15 is 0 Å². The Kier molecular flexibility index (Phi) is 2.47. The van der Waals surface area contributed by atoms with E-state index in [1.807, 2.05) is 0 Å². The summed E-state index contributed by atoms with van der Waals surface area (Å²) in [4.78, 5) is 3.56. The second kappa shape index (κ2) is 3.38. The lowest BCUT2D eigenvalue weighted by atomic mass is 10.3. The largest absolute Gasteiger partial charge is 0.361 e. The molecule has 1 nitrogen and oxygen atoms in total. The summed E-state index contributed by atoms with van der Waals surface area (Å²) in [5.41, 5.74) is 1.27. The van der Waals surface area contributed by atoms with Crippen molar-refractivity contribution in [3.63, 3.8) is 0 Å². The van der Waals surface area contributed by atoms with Gasteiger partial charge in [-0.25, -0.2) is 0 Å². The van der Waals surface area contributed by atoms with E-state index in [1.54, 1.807) is 0 Å². The van der Waals surface area contributed by atoms with Crippen molar-refractivity contribution in [2.24, 2.45) is 0 Å². The Morgan fingerprint density at radius 2 is 1.79 bits per heavy atom. The summed E-state index contributed by atoms with van der Waals surface area (Å²) in [6.45, 7) is 7.12. The van der Waals surface area contributed by atoms with Crippen LogP contribution in [-0.4, -0.2) is 13.1 Å². The van der Waals surface area contributed by atoms with Gasteiger partial charge in [-0.1, -0.05) is 37.8 Å². The van der Waals surface area contributed by atoms with Gasteiger partial charge in [0.05, 0.1) is 8.07 Å². The van der Waals surface area contributed by atoms with Gasteiger partial charge in [0.2, 0.25) is 0 Å². The minimum atomic E-state index is -1.22. The van der Waals surface area contributed by atoms with E-state index in [9.17, 15) is 0 Å². The normalized spacial score (nSPS) is 12.3. The number of H-pyrrole nitrogens is 1. The molecule has 0 aliphatic rings. The number of aromatic nitrogens is 1. The molecule has 14 heavy (non-hydrogen) atoms. The van der Waals surface area contributed by atoms with Crippen LogP contribution in [0.1, 0.15) is 0 Å². The molecule has 1 aromatic heterocycles. The summed E-state index contributed by atoms with van der Waals surface area (Å²) in [7, 11) is -1.22. The lowest BCUT2D eigenvalue weighted by Crippen LogP contribution is -2.40. The lowest BCUT2D eigenvalue weighted by molar-refractivity contribution is 1.49. The maximum atomic E-state index is 3.56. The van der Waals surface area contributed by atoms with E-state index in [2.05, 4.69) is 71.5 Å². The first-order valence-electron chi connectivity index (χ1n) is 4.77. The van der Waals surface area contributed by atoms with Crippen LogP contribution >= 0.6 is 22.6 Å². The van der Waals surface area contributed by atoms with Crippen LogP contribution < -0.4 is 5.32 Å². The van der Waals surface area contributed by atoms with Crippen molar-refractivity contribution in [3.05, 3.63) is 27.8 Å². The predicted molar refractivity (Wildman–Crippen MR) is 74.0 cm³/mol. The Balaban J connectivity index is 2.75. The third kappa shape index (κ3) is 1.63. The van der Waals surface area contributed by atoms with Crippen LogP contribution in [0.2, 0.25) is 19.6 Å². The third-order valence-electron chi connectivity index (χ3n) is 2.39. The van der Waals surface area contributed by atoms with Gasteiger partial charge in [-0.15, -0.1) is 0 Å². The summed E-state index contributed by atoms with van der Waals surface area (Å²) in [5, 5.41) is 2.84. The Bertz CT molecular complexity index is 468. The maximum absolute atomic E-state index is 3.56. The number of nitrogens with one attached hydrogen (secondary N) is 1. The van der Waals surface area contributed by atoms with Gasteiger partial charge in [0.25, 0.3) is 0 Å². The molecule has 0 aliphatic carbocycles. The van der Waals surface area contributed by atoms with Gasteiger partial charge < -0.3 is 4.98 Å². The zero-order valence-electron chi connectivity index (χ0n) is 8.69. The van der Waals surface area contributed by atoms with Gasteiger partial charge in [0, 0.05) is 19.8 Å². The second-order valence-corrected chi connectivity index (χ2v) is 10.7. The topological polar surface area (TPSA) is 15.8 Å². The Labute approximate surface area is 99.1 Å². The fourth-order valence-corrected chi connectivity index (χ4v) is 5.96. The fourth-order valence-electron chi connectivity index (χ4n) is 1.62. The molecule has 0 bridgehead atoms. The van der Waals surface area contributed by atoms with Crippen LogP contribution in [-0.2, 0) is 0 Å². The highest BCUT2D eigenvalue weighted by atomic mass is 127. The predicted octanol–water partition coefficient (Wildman–Crippen LogP) is 3.32. The third-order valence-corrected chi connectivity index (χ3v) is 5.90. The van der Waals surface area contributed by atoms with Gasteiger partial charge in [-0.3, -0.25) is 0 Å². The average molecular weight is 315 g/mol. The van der Waals surface area contributed by atoms with Crippen LogP contribution in [0.4, 0.5) is 0 Å². The summed E-state index contributed by atoms with van der Waals surface area (Å²) < 4.78 is 1.41. The maximum Gasteiger partial charge on any atom is 0.0996 e. The number of benzene rings is 1.